The number of hydrogen-bond acceptors (Lipinski definition) is 6. The summed E-state index contributed by atoms with van der Waals surface area (Å²) in [5, 5.41) is 3.14. The number of nitrogens with zero attached hydrogens (tertiary/aromatic N) is 2. The number of rotatable bonds is 6. The molecule has 2 aromatic heterocycles. The Labute approximate surface area is 196 Å². The fourth-order valence-corrected chi connectivity index (χ4v) is 6.73. The van der Waals surface area contributed by atoms with Crippen LogP contribution in [0.15, 0.2) is 69.7 Å². The van der Waals surface area contributed by atoms with Crippen molar-refractivity contribution < 1.29 is 8.42 Å². The molecule has 0 saturated carbocycles. The fourth-order valence-electron chi connectivity index (χ4n) is 4.29. The molecule has 170 valence electrons. The van der Waals surface area contributed by atoms with Gasteiger partial charge in [-0.05, 0) is 61.1 Å². The number of pyridine rings is 1. The number of aromatic amines is 1. The van der Waals surface area contributed by atoms with Crippen LogP contribution in [-0.2, 0) is 22.1 Å². The lowest BCUT2D eigenvalue weighted by atomic mass is 10.1. The molecule has 0 bridgehead atoms. The fraction of sp³-hybridized carbons (Fsp3) is 0.280. The molecule has 0 unspecified atom stereocenters. The summed E-state index contributed by atoms with van der Waals surface area (Å²) in [7, 11) is -3.49. The topological polar surface area (TPSA) is 83.1 Å². The second-order valence-electron chi connectivity index (χ2n) is 8.47. The summed E-state index contributed by atoms with van der Waals surface area (Å²) in [6, 6.07) is 16.4. The number of sulfone groups is 1. The Hall–Kier alpha value is -2.81. The molecule has 6 nitrogen and oxygen atoms in total. The quantitative estimate of drug-likeness (QED) is 0.437. The first-order chi connectivity index (χ1) is 16.0. The van der Waals surface area contributed by atoms with Gasteiger partial charge in [0.1, 0.15) is 10.8 Å². The van der Waals surface area contributed by atoms with Gasteiger partial charge in [0, 0.05) is 17.4 Å². The molecule has 0 spiro atoms. The van der Waals surface area contributed by atoms with E-state index in [1.165, 1.54) is 36.2 Å². The lowest BCUT2D eigenvalue weighted by molar-refractivity contribution is 0.221. The third kappa shape index (κ3) is 4.93. The van der Waals surface area contributed by atoms with Crippen molar-refractivity contribution in [2.24, 2.45) is 0 Å². The maximum absolute atomic E-state index is 12.8. The van der Waals surface area contributed by atoms with Gasteiger partial charge >= 0.3 is 0 Å². The summed E-state index contributed by atoms with van der Waals surface area (Å²) < 4.78 is 25.3. The number of thiazole rings is 1. The first kappa shape index (κ1) is 22.0. The molecule has 1 fully saturated rings. The minimum atomic E-state index is -3.49. The van der Waals surface area contributed by atoms with Crippen LogP contribution in [0.2, 0.25) is 0 Å². The zero-order valence-electron chi connectivity index (χ0n) is 18.2. The predicted molar refractivity (Wildman–Crippen MR) is 132 cm³/mol. The van der Waals surface area contributed by atoms with Crippen LogP contribution in [0.25, 0.3) is 22.2 Å². The van der Waals surface area contributed by atoms with Crippen molar-refractivity contribution in [1.82, 2.24) is 14.9 Å². The van der Waals surface area contributed by atoms with Crippen LogP contribution in [0.4, 0.5) is 0 Å². The molecule has 3 heterocycles. The molecule has 0 radical (unpaired) electrons. The van der Waals surface area contributed by atoms with E-state index in [-0.39, 0.29) is 16.2 Å². The summed E-state index contributed by atoms with van der Waals surface area (Å²) >= 11 is 1.25. The van der Waals surface area contributed by atoms with E-state index in [1.54, 1.807) is 35.7 Å². The van der Waals surface area contributed by atoms with Crippen molar-refractivity contribution in [3.05, 3.63) is 80.9 Å². The Kier molecular flexibility index (Phi) is 6.14. The van der Waals surface area contributed by atoms with Crippen LogP contribution in [0.3, 0.4) is 0 Å². The zero-order chi connectivity index (χ0) is 22.8. The van der Waals surface area contributed by atoms with E-state index < -0.39 is 9.84 Å². The first-order valence-corrected chi connectivity index (χ1v) is 13.6. The maximum atomic E-state index is 12.8. The second kappa shape index (κ2) is 9.21. The molecule has 5 rings (SSSR count). The smallest absolute Gasteiger partial charge is 0.257 e. The van der Waals surface area contributed by atoms with Gasteiger partial charge in [-0.1, -0.05) is 36.8 Å². The molecule has 1 saturated heterocycles. The van der Waals surface area contributed by atoms with E-state index in [0.29, 0.717) is 16.3 Å². The zero-order valence-corrected chi connectivity index (χ0v) is 19.8. The van der Waals surface area contributed by atoms with Gasteiger partial charge in [0.05, 0.1) is 16.2 Å². The van der Waals surface area contributed by atoms with E-state index in [9.17, 15) is 13.2 Å². The number of nitrogens with one attached hydrogen (secondary N) is 1. The number of benzene rings is 2. The van der Waals surface area contributed by atoms with Crippen LogP contribution in [0, 0.1) is 0 Å². The van der Waals surface area contributed by atoms with Gasteiger partial charge in [-0.15, -0.1) is 11.3 Å². The summed E-state index contributed by atoms with van der Waals surface area (Å²) in [5.74, 6) is -0.187. The molecule has 4 aromatic rings. The monoisotopic (exact) mass is 479 g/mol. The van der Waals surface area contributed by atoms with Crippen LogP contribution >= 0.6 is 11.3 Å². The molecule has 0 aliphatic carbocycles. The number of hydrogen-bond donors (Lipinski definition) is 1. The highest BCUT2D eigenvalue weighted by Gasteiger charge is 2.19. The van der Waals surface area contributed by atoms with E-state index >= 15 is 0 Å². The van der Waals surface area contributed by atoms with Gasteiger partial charge in [0.2, 0.25) is 0 Å². The van der Waals surface area contributed by atoms with E-state index in [1.807, 2.05) is 18.2 Å². The molecule has 2 aromatic carbocycles. The van der Waals surface area contributed by atoms with Crippen LogP contribution < -0.4 is 5.56 Å². The van der Waals surface area contributed by atoms with Crippen molar-refractivity contribution in [2.75, 3.05) is 13.1 Å². The number of H-pyrrole nitrogens is 1. The van der Waals surface area contributed by atoms with Gasteiger partial charge in [0.25, 0.3) is 5.56 Å². The van der Waals surface area contributed by atoms with Crippen molar-refractivity contribution in [1.29, 1.82) is 0 Å². The Balaban J connectivity index is 1.39. The van der Waals surface area contributed by atoms with Crippen LogP contribution in [0.5, 0.6) is 0 Å². The highest BCUT2D eigenvalue weighted by atomic mass is 32.2. The Morgan fingerprint density at radius 2 is 1.79 bits per heavy atom. The normalized spacial score (nSPS) is 15.2. The van der Waals surface area contributed by atoms with Crippen LogP contribution in [0.1, 0.15) is 29.8 Å². The van der Waals surface area contributed by atoms with E-state index in [2.05, 4.69) is 20.9 Å². The summed E-state index contributed by atoms with van der Waals surface area (Å²) in [5.41, 5.74) is 2.72. The molecular weight excluding hydrogens is 454 g/mol. The molecule has 1 aliphatic rings. The lowest BCUT2D eigenvalue weighted by Crippen LogP contribution is -2.29. The molecule has 8 heteroatoms. The largest absolute Gasteiger partial charge is 0.321 e. The summed E-state index contributed by atoms with van der Waals surface area (Å²) in [4.78, 5) is 23.0. The minimum absolute atomic E-state index is 0.187. The number of piperidine rings is 1. The Morgan fingerprint density at radius 1 is 1.00 bits per heavy atom. The molecule has 1 N–H and O–H groups in total. The van der Waals surface area contributed by atoms with Gasteiger partial charge < -0.3 is 4.98 Å². The number of aromatic nitrogens is 2. The standard InChI is InChI=1S/C25H25N3O3S2/c29-25-21(23-16-32-24(26-23)17-33(30,31)20-7-3-1-4-8-20)14-19-10-9-18(13-22(19)27-25)15-28-11-5-2-6-12-28/h1,3-4,7-10,13-14,16H,2,5-6,11-12,15,17H2,(H,27,29). The highest BCUT2D eigenvalue weighted by molar-refractivity contribution is 7.90. The first-order valence-electron chi connectivity index (χ1n) is 11.1. The minimum Gasteiger partial charge on any atom is -0.321 e. The van der Waals surface area contributed by atoms with Gasteiger partial charge in [-0.2, -0.15) is 0 Å². The molecular formula is C25H25N3O3S2. The predicted octanol–water partition coefficient (Wildman–Crippen LogP) is 4.61. The van der Waals surface area contributed by atoms with Crippen LogP contribution in [-0.4, -0.2) is 36.4 Å². The lowest BCUT2D eigenvalue weighted by Gasteiger charge is -2.26. The average molecular weight is 480 g/mol. The maximum Gasteiger partial charge on any atom is 0.257 e. The molecule has 33 heavy (non-hydrogen) atoms. The Morgan fingerprint density at radius 3 is 2.58 bits per heavy atom. The number of likely N-dealkylation sites (tertiary alicyclic amines) is 1. The third-order valence-electron chi connectivity index (χ3n) is 6.01. The van der Waals surface area contributed by atoms with Crippen molar-refractivity contribution in [3.63, 3.8) is 0 Å². The number of fused-ring (bicyclic) bond motifs is 1. The summed E-state index contributed by atoms with van der Waals surface area (Å²) in [6.45, 7) is 3.14. The molecule has 0 atom stereocenters. The van der Waals surface area contributed by atoms with Crippen molar-refractivity contribution in [3.8, 4) is 11.3 Å². The molecule has 1 aliphatic heterocycles. The summed E-state index contributed by atoms with van der Waals surface area (Å²) in [6.07, 6.45) is 3.80. The van der Waals surface area contributed by atoms with Crippen molar-refractivity contribution in [2.45, 2.75) is 36.5 Å². The average Bonchev–Trinajstić information content (AvgIpc) is 3.27. The molecule has 0 amide bonds. The second-order valence-corrected chi connectivity index (χ2v) is 11.4. The van der Waals surface area contributed by atoms with Crippen molar-refractivity contribution >= 4 is 32.1 Å². The third-order valence-corrected chi connectivity index (χ3v) is 8.68. The highest BCUT2D eigenvalue weighted by Crippen LogP contribution is 2.25. The van der Waals surface area contributed by atoms with E-state index in [0.717, 1.165) is 30.5 Å². The van der Waals surface area contributed by atoms with E-state index in [4.69, 9.17) is 0 Å². The van der Waals surface area contributed by atoms with Gasteiger partial charge in [-0.3, -0.25) is 9.69 Å². The SMILES string of the molecule is O=c1[nH]c2cc(CN3CCCCC3)ccc2cc1-c1csc(CS(=O)(=O)c2ccccc2)n1. The van der Waals surface area contributed by atoms with Gasteiger partial charge in [-0.25, -0.2) is 13.4 Å². The Bertz CT molecular complexity index is 1440. The van der Waals surface area contributed by atoms with Gasteiger partial charge in [0.15, 0.2) is 9.84 Å².